The molecule has 0 unspecified atom stereocenters. The highest BCUT2D eigenvalue weighted by Gasteiger charge is 2.27. The second kappa shape index (κ2) is 10.8. The van der Waals surface area contributed by atoms with Gasteiger partial charge in [-0.25, -0.2) is 13.4 Å². The van der Waals surface area contributed by atoms with E-state index in [9.17, 15) is 8.42 Å². The van der Waals surface area contributed by atoms with Crippen LogP contribution in [-0.4, -0.2) is 13.4 Å². The molecule has 0 aliphatic carbocycles. The van der Waals surface area contributed by atoms with Gasteiger partial charge in [-0.2, -0.15) is 0 Å². The molecule has 0 spiro atoms. The lowest BCUT2D eigenvalue weighted by molar-refractivity contribution is 0.477. The third kappa shape index (κ3) is 4.63. The average molecular weight is 603 g/mol. The second-order valence-electron chi connectivity index (χ2n) is 10.8. The lowest BCUT2D eigenvalue weighted by Gasteiger charge is -2.33. The number of aromatic nitrogens is 1. The van der Waals surface area contributed by atoms with Gasteiger partial charge in [0.15, 0.2) is 11.5 Å². The average Bonchev–Trinajstić information content (AvgIpc) is 3.11. The number of benzene rings is 6. The third-order valence-electron chi connectivity index (χ3n) is 8.09. The van der Waals surface area contributed by atoms with Gasteiger partial charge < -0.3 is 9.64 Å². The van der Waals surface area contributed by atoms with Crippen molar-refractivity contribution in [3.8, 4) is 33.9 Å². The highest BCUT2D eigenvalue weighted by atomic mass is 32.2. The van der Waals surface area contributed by atoms with E-state index >= 15 is 0 Å². The highest BCUT2D eigenvalue weighted by Crippen LogP contribution is 2.51. The number of rotatable bonds is 5. The number of nitrogens with zero attached hydrogens (tertiary/aromatic N) is 2. The first-order chi connectivity index (χ1) is 22.1. The van der Waals surface area contributed by atoms with Gasteiger partial charge in [-0.05, 0) is 71.8 Å². The molecule has 45 heavy (non-hydrogen) atoms. The van der Waals surface area contributed by atoms with Gasteiger partial charge in [-0.1, -0.05) is 97.1 Å². The molecule has 6 aromatic carbocycles. The van der Waals surface area contributed by atoms with Crippen LogP contribution < -0.4 is 9.64 Å². The lowest BCUT2D eigenvalue weighted by Crippen LogP contribution is -2.16. The SMILES string of the molecule is O=S(=O)(c1ccccc1)c1ccc(-c2cc(-c3ccccc3)c3cccc(N4c5ccccc5Oc5ccccc54)c3n2)cc1. The molecule has 0 bridgehead atoms. The summed E-state index contributed by atoms with van der Waals surface area (Å²) in [5.74, 6) is 1.53. The first-order valence-corrected chi connectivity index (χ1v) is 16.1. The third-order valence-corrected chi connectivity index (χ3v) is 9.88. The normalized spacial score (nSPS) is 12.3. The Labute approximate surface area is 261 Å². The maximum atomic E-state index is 13.3. The monoisotopic (exact) mass is 602 g/mol. The largest absolute Gasteiger partial charge is 0.453 e. The van der Waals surface area contributed by atoms with Crippen LogP contribution in [-0.2, 0) is 9.84 Å². The van der Waals surface area contributed by atoms with Crippen molar-refractivity contribution >= 4 is 37.8 Å². The van der Waals surface area contributed by atoms with E-state index in [4.69, 9.17) is 9.72 Å². The van der Waals surface area contributed by atoms with Gasteiger partial charge in [-0.15, -0.1) is 0 Å². The van der Waals surface area contributed by atoms with Crippen LogP contribution in [0.2, 0.25) is 0 Å². The molecule has 0 saturated carbocycles. The van der Waals surface area contributed by atoms with E-state index < -0.39 is 9.84 Å². The van der Waals surface area contributed by atoms with Gasteiger partial charge in [0.1, 0.15) is 0 Å². The number of pyridine rings is 1. The predicted octanol–water partition coefficient (Wildman–Crippen LogP) is 9.98. The Hall–Kier alpha value is -5.72. The number of sulfone groups is 1. The fourth-order valence-corrected chi connectivity index (χ4v) is 7.20. The zero-order valence-corrected chi connectivity index (χ0v) is 24.9. The molecule has 216 valence electrons. The van der Waals surface area contributed by atoms with Crippen molar-refractivity contribution in [1.82, 2.24) is 4.98 Å². The molecule has 0 amide bonds. The molecule has 1 aliphatic rings. The zero-order chi connectivity index (χ0) is 30.4. The van der Waals surface area contributed by atoms with E-state index in [2.05, 4.69) is 53.4 Å². The molecular weight excluding hydrogens is 577 g/mol. The summed E-state index contributed by atoms with van der Waals surface area (Å²) in [7, 11) is -3.64. The number of ether oxygens (including phenoxy) is 1. The predicted molar refractivity (Wildman–Crippen MR) is 179 cm³/mol. The van der Waals surface area contributed by atoms with Gasteiger partial charge in [0.25, 0.3) is 0 Å². The summed E-state index contributed by atoms with van der Waals surface area (Å²) < 4.78 is 32.9. The number of anilines is 3. The Morgan fingerprint density at radius 2 is 1.07 bits per heavy atom. The summed E-state index contributed by atoms with van der Waals surface area (Å²) in [6.07, 6.45) is 0. The maximum absolute atomic E-state index is 13.3. The molecule has 0 radical (unpaired) electrons. The van der Waals surface area contributed by atoms with Gasteiger partial charge in [0, 0.05) is 10.9 Å². The first-order valence-electron chi connectivity index (χ1n) is 14.6. The van der Waals surface area contributed by atoms with Crippen molar-refractivity contribution in [2.45, 2.75) is 9.79 Å². The van der Waals surface area contributed by atoms with Gasteiger partial charge in [-0.3, -0.25) is 0 Å². The highest BCUT2D eigenvalue weighted by molar-refractivity contribution is 7.91. The minimum atomic E-state index is -3.64. The Bertz CT molecular complexity index is 2260. The van der Waals surface area contributed by atoms with Crippen molar-refractivity contribution in [2.75, 3.05) is 4.90 Å². The molecule has 8 rings (SSSR count). The summed E-state index contributed by atoms with van der Waals surface area (Å²) in [6.45, 7) is 0. The van der Waals surface area contributed by atoms with Crippen LogP contribution in [0.5, 0.6) is 11.5 Å². The van der Waals surface area contributed by atoms with Crippen molar-refractivity contribution in [2.24, 2.45) is 0 Å². The van der Waals surface area contributed by atoms with Crippen LogP contribution in [0, 0.1) is 0 Å². The van der Waals surface area contributed by atoms with Gasteiger partial charge >= 0.3 is 0 Å². The van der Waals surface area contributed by atoms with Crippen molar-refractivity contribution < 1.29 is 13.2 Å². The molecule has 1 aliphatic heterocycles. The van der Waals surface area contributed by atoms with Crippen molar-refractivity contribution in [3.63, 3.8) is 0 Å². The summed E-state index contributed by atoms with van der Waals surface area (Å²) >= 11 is 0. The van der Waals surface area contributed by atoms with Crippen LogP contribution in [0.1, 0.15) is 0 Å². The summed E-state index contributed by atoms with van der Waals surface area (Å²) in [5.41, 5.74) is 7.24. The van der Waals surface area contributed by atoms with E-state index in [1.54, 1.807) is 42.5 Å². The Morgan fingerprint density at radius 1 is 0.511 bits per heavy atom. The standard InChI is InChI=1S/C39H26N2O3S/c42-45(43,29-14-5-2-6-15-29)30-24-22-28(23-25-30)33-26-32(27-12-3-1-4-13-27)31-16-11-19-36(39(31)40-33)41-34-17-7-9-20-37(34)44-38-21-10-8-18-35(38)41/h1-26H. The summed E-state index contributed by atoms with van der Waals surface area (Å²) in [5, 5.41) is 1.01. The van der Waals surface area contributed by atoms with E-state index in [0.717, 1.165) is 61.8 Å². The van der Waals surface area contributed by atoms with Crippen LogP contribution >= 0.6 is 0 Å². The molecule has 0 atom stereocenters. The van der Waals surface area contributed by atoms with Crippen molar-refractivity contribution in [3.05, 3.63) is 158 Å². The molecule has 0 fully saturated rings. The molecular formula is C39H26N2O3S. The van der Waals surface area contributed by atoms with Crippen LogP contribution in [0.3, 0.4) is 0 Å². The number of hydrogen-bond acceptors (Lipinski definition) is 5. The molecule has 7 aromatic rings. The van der Waals surface area contributed by atoms with Gasteiger partial charge in [0.2, 0.25) is 9.84 Å². The quantitative estimate of drug-likeness (QED) is 0.196. The van der Waals surface area contributed by atoms with Crippen LogP contribution in [0.25, 0.3) is 33.3 Å². The Morgan fingerprint density at radius 3 is 1.73 bits per heavy atom. The molecule has 0 N–H and O–H groups in total. The summed E-state index contributed by atoms with van der Waals surface area (Å²) in [4.78, 5) is 7.98. The number of hydrogen-bond donors (Lipinski definition) is 0. The van der Waals surface area contributed by atoms with E-state index in [1.165, 1.54) is 0 Å². The molecule has 5 nitrogen and oxygen atoms in total. The van der Waals surface area contributed by atoms with E-state index in [-0.39, 0.29) is 9.79 Å². The number of fused-ring (bicyclic) bond motifs is 3. The minimum absolute atomic E-state index is 0.240. The molecule has 0 saturated heterocycles. The lowest BCUT2D eigenvalue weighted by atomic mass is 9.97. The Kier molecular flexibility index (Phi) is 6.43. The summed E-state index contributed by atoms with van der Waals surface area (Å²) in [6, 6.07) is 50.1. The fraction of sp³-hybridized carbons (Fsp3) is 0. The van der Waals surface area contributed by atoms with Crippen LogP contribution in [0.4, 0.5) is 17.1 Å². The maximum Gasteiger partial charge on any atom is 0.206 e. The van der Waals surface area contributed by atoms with Gasteiger partial charge in [0.05, 0.1) is 38.1 Å². The Balaban J connectivity index is 1.34. The van der Waals surface area contributed by atoms with E-state index in [1.807, 2.05) is 66.7 Å². The zero-order valence-electron chi connectivity index (χ0n) is 24.0. The number of para-hydroxylation sites is 5. The smallest absolute Gasteiger partial charge is 0.206 e. The topological polar surface area (TPSA) is 59.5 Å². The molecule has 2 heterocycles. The van der Waals surface area contributed by atoms with E-state index in [0.29, 0.717) is 0 Å². The molecule has 1 aromatic heterocycles. The minimum Gasteiger partial charge on any atom is -0.453 e. The first kappa shape index (κ1) is 26.9. The fourth-order valence-electron chi connectivity index (χ4n) is 5.92. The second-order valence-corrected chi connectivity index (χ2v) is 12.8. The van der Waals surface area contributed by atoms with Crippen LogP contribution in [0.15, 0.2) is 168 Å². The van der Waals surface area contributed by atoms with Crippen molar-refractivity contribution in [1.29, 1.82) is 0 Å². The molecule has 6 heteroatoms.